The van der Waals surface area contributed by atoms with Crippen molar-refractivity contribution in [2.24, 2.45) is 0 Å². The summed E-state index contributed by atoms with van der Waals surface area (Å²) in [5, 5.41) is 12.5. The summed E-state index contributed by atoms with van der Waals surface area (Å²) in [5.74, 6) is -0.138. The van der Waals surface area contributed by atoms with Crippen LogP contribution in [0.25, 0.3) is 0 Å². The maximum Gasteiger partial charge on any atom is 0.311 e. The van der Waals surface area contributed by atoms with Gasteiger partial charge in [0.05, 0.1) is 15.7 Å². The van der Waals surface area contributed by atoms with E-state index in [1.54, 1.807) is 24.4 Å². The summed E-state index contributed by atoms with van der Waals surface area (Å²) in [6.07, 6.45) is 1.38. The van der Waals surface area contributed by atoms with Gasteiger partial charge in [0, 0.05) is 6.20 Å². The summed E-state index contributed by atoms with van der Waals surface area (Å²) in [6, 6.07) is 5.12. The minimum atomic E-state index is -0.952. The average Bonchev–Trinajstić information content (AvgIpc) is 2.70. The van der Waals surface area contributed by atoms with Crippen LogP contribution in [0.2, 0.25) is 10.0 Å². The van der Waals surface area contributed by atoms with Crippen molar-refractivity contribution in [2.75, 3.05) is 5.32 Å². The molecule has 2 rings (SSSR count). The van der Waals surface area contributed by atoms with Crippen molar-refractivity contribution in [1.29, 1.82) is 0 Å². The second-order valence-electron chi connectivity index (χ2n) is 3.52. The number of hydrogen-bond acceptors (Lipinski definition) is 3. The Morgan fingerprint density at radius 1 is 1.37 bits per heavy atom. The predicted octanol–water partition coefficient (Wildman–Crippen LogP) is 3.51. The maximum absolute atomic E-state index is 10.5. The van der Waals surface area contributed by atoms with E-state index in [1.165, 1.54) is 0 Å². The Balaban J connectivity index is 0.00000180. The fourth-order valence-corrected chi connectivity index (χ4v) is 1.90. The van der Waals surface area contributed by atoms with E-state index in [0.717, 1.165) is 0 Å². The van der Waals surface area contributed by atoms with Crippen LogP contribution in [0.15, 0.2) is 24.4 Å². The molecule has 0 atom stereocenters. The van der Waals surface area contributed by atoms with Gasteiger partial charge in [0.25, 0.3) is 0 Å². The monoisotopic (exact) mass is 321 g/mol. The zero-order chi connectivity index (χ0) is 13.1. The molecule has 1 aromatic heterocycles. The molecule has 0 spiro atoms. The number of halogens is 3. The molecule has 0 aliphatic carbocycles. The number of carboxylic acid groups (broad SMARTS) is 1. The molecule has 0 fully saturated rings. The average molecular weight is 323 g/mol. The van der Waals surface area contributed by atoms with E-state index >= 15 is 0 Å². The number of imidazole rings is 1. The third-order valence-corrected chi connectivity index (χ3v) is 2.80. The molecule has 19 heavy (non-hydrogen) atoms. The van der Waals surface area contributed by atoms with Gasteiger partial charge in [-0.1, -0.05) is 29.3 Å². The number of benzene rings is 1. The van der Waals surface area contributed by atoms with Crippen LogP contribution in [0.4, 0.5) is 11.5 Å². The SMILES string of the molecule is Cl.O=C(O)Cc1nc(Nc2c(Cl)cccc2Cl)c[nH]1. The molecule has 0 unspecified atom stereocenters. The summed E-state index contributed by atoms with van der Waals surface area (Å²) in [5.41, 5.74) is 0.536. The number of para-hydroxylation sites is 1. The molecular formula is C11H10Cl3N3O2. The number of aromatic amines is 1. The van der Waals surface area contributed by atoms with Crippen molar-refractivity contribution in [3.05, 3.63) is 40.3 Å². The minimum Gasteiger partial charge on any atom is -0.481 e. The van der Waals surface area contributed by atoms with Gasteiger partial charge in [-0.15, -0.1) is 12.4 Å². The Kier molecular flexibility index (Phi) is 5.47. The van der Waals surface area contributed by atoms with Gasteiger partial charge in [-0.3, -0.25) is 4.79 Å². The number of anilines is 2. The minimum absolute atomic E-state index is 0. The number of nitrogens with one attached hydrogen (secondary N) is 2. The van der Waals surface area contributed by atoms with Gasteiger partial charge in [-0.25, -0.2) is 4.98 Å². The van der Waals surface area contributed by atoms with Crippen LogP contribution in [0.3, 0.4) is 0 Å². The van der Waals surface area contributed by atoms with E-state index in [9.17, 15) is 4.79 Å². The molecule has 1 aromatic carbocycles. The van der Waals surface area contributed by atoms with E-state index in [0.29, 0.717) is 27.4 Å². The van der Waals surface area contributed by atoms with Crippen LogP contribution < -0.4 is 5.32 Å². The molecule has 0 saturated heterocycles. The van der Waals surface area contributed by atoms with Crippen molar-refractivity contribution in [3.8, 4) is 0 Å². The van der Waals surface area contributed by atoms with Gasteiger partial charge < -0.3 is 15.4 Å². The highest BCUT2D eigenvalue weighted by molar-refractivity contribution is 6.39. The van der Waals surface area contributed by atoms with Crippen LogP contribution >= 0.6 is 35.6 Å². The molecule has 0 radical (unpaired) electrons. The number of rotatable bonds is 4. The molecule has 102 valence electrons. The van der Waals surface area contributed by atoms with Gasteiger partial charge in [0.1, 0.15) is 18.1 Å². The highest BCUT2D eigenvalue weighted by atomic mass is 35.5. The second kappa shape index (κ2) is 6.65. The van der Waals surface area contributed by atoms with E-state index in [1.807, 2.05) is 0 Å². The summed E-state index contributed by atoms with van der Waals surface area (Å²) < 4.78 is 0. The molecule has 0 saturated carbocycles. The maximum atomic E-state index is 10.5. The standard InChI is InChI=1S/C11H9Cl2N3O2.ClH/c12-6-2-1-3-7(13)11(6)16-9-5-14-8(15-9)4-10(17)18;/h1-3,5,16H,4H2,(H,14,15)(H,17,18);1H. The van der Waals surface area contributed by atoms with Gasteiger partial charge in [0.2, 0.25) is 0 Å². The molecule has 5 nitrogen and oxygen atoms in total. The van der Waals surface area contributed by atoms with Crippen LogP contribution in [0.5, 0.6) is 0 Å². The molecular weight excluding hydrogens is 312 g/mol. The summed E-state index contributed by atoms with van der Waals surface area (Å²) in [4.78, 5) is 17.3. The number of aromatic nitrogens is 2. The number of hydrogen-bond donors (Lipinski definition) is 3. The highest BCUT2D eigenvalue weighted by Gasteiger charge is 2.09. The van der Waals surface area contributed by atoms with Crippen LogP contribution in [-0.4, -0.2) is 21.0 Å². The molecule has 2 aromatic rings. The lowest BCUT2D eigenvalue weighted by atomic mass is 10.3. The zero-order valence-corrected chi connectivity index (χ0v) is 11.8. The van der Waals surface area contributed by atoms with Crippen LogP contribution in [0, 0.1) is 0 Å². The van der Waals surface area contributed by atoms with Crippen molar-refractivity contribution in [2.45, 2.75) is 6.42 Å². The topological polar surface area (TPSA) is 78.0 Å². The lowest BCUT2D eigenvalue weighted by Gasteiger charge is -2.07. The summed E-state index contributed by atoms with van der Waals surface area (Å²) >= 11 is 12.0. The van der Waals surface area contributed by atoms with Crippen LogP contribution in [-0.2, 0) is 11.2 Å². The van der Waals surface area contributed by atoms with Crippen molar-refractivity contribution in [1.82, 2.24) is 9.97 Å². The van der Waals surface area contributed by atoms with E-state index < -0.39 is 5.97 Å². The first kappa shape index (κ1) is 15.6. The third kappa shape index (κ3) is 4.02. The Morgan fingerprint density at radius 2 is 2.00 bits per heavy atom. The number of aliphatic carboxylic acids is 1. The normalized spacial score (nSPS) is 9.79. The fraction of sp³-hybridized carbons (Fsp3) is 0.0909. The zero-order valence-electron chi connectivity index (χ0n) is 9.48. The smallest absolute Gasteiger partial charge is 0.311 e. The lowest BCUT2D eigenvalue weighted by Crippen LogP contribution is -2.01. The van der Waals surface area contributed by atoms with Gasteiger partial charge in [0.15, 0.2) is 0 Å². The Morgan fingerprint density at radius 3 is 2.58 bits per heavy atom. The second-order valence-corrected chi connectivity index (χ2v) is 4.34. The molecule has 8 heteroatoms. The molecule has 1 heterocycles. The number of carboxylic acids is 1. The molecule has 0 aliphatic rings. The molecule has 3 N–H and O–H groups in total. The van der Waals surface area contributed by atoms with E-state index in [4.69, 9.17) is 28.3 Å². The van der Waals surface area contributed by atoms with E-state index in [2.05, 4.69) is 15.3 Å². The Bertz CT molecular complexity index is 566. The molecule has 0 amide bonds. The van der Waals surface area contributed by atoms with Gasteiger partial charge >= 0.3 is 5.97 Å². The predicted molar refractivity (Wildman–Crippen MR) is 76.9 cm³/mol. The van der Waals surface area contributed by atoms with Crippen molar-refractivity contribution >= 4 is 53.1 Å². The Labute approximate surface area is 125 Å². The first-order valence-electron chi connectivity index (χ1n) is 5.03. The van der Waals surface area contributed by atoms with Crippen molar-refractivity contribution < 1.29 is 9.90 Å². The fourth-order valence-electron chi connectivity index (χ4n) is 1.40. The van der Waals surface area contributed by atoms with Gasteiger partial charge in [-0.05, 0) is 12.1 Å². The lowest BCUT2D eigenvalue weighted by molar-refractivity contribution is -0.136. The van der Waals surface area contributed by atoms with Gasteiger partial charge in [-0.2, -0.15) is 0 Å². The first-order chi connectivity index (χ1) is 8.56. The van der Waals surface area contributed by atoms with Crippen LogP contribution in [0.1, 0.15) is 5.82 Å². The summed E-state index contributed by atoms with van der Waals surface area (Å²) in [6.45, 7) is 0. The first-order valence-corrected chi connectivity index (χ1v) is 5.79. The third-order valence-electron chi connectivity index (χ3n) is 2.17. The number of nitrogens with zero attached hydrogens (tertiary/aromatic N) is 1. The number of carbonyl (C=O) groups is 1. The molecule has 0 bridgehead atoms. The quantitative estimate of drug-likeness (QED) is 0.805. The highest BCUT2D eigenvalue weighted by Crippen LogP contribution is 2.31. The Hall–Kier alpha value is -1.43. The summed E-state index contributed by atoms with van der Waals surface area (Å²) in [7, 11) is 0. The molecule has 0 aliphatic heterocycles. The van der Waals surface area contributed by atoms with E-state index in [-0.39, 0.29) is 18.8 Å². The largest absolute Gasteiger partial charge is 0.481 e. The number of H-pyrrole nitrogens is 1. The van der Waals surface area contributed by atoms with Crippen molar-refractivity contribution in [3.63, 3.8) is 0 Å².